The standard InChI is InChI=1S/C23H31N3O2/c27-22-17-20(19-10-4-5-11-21(19)24-22)23(28)26-15-13-25(14-16-26)12-6-9-18-7-2-1-3-8-18/h1-3,6-9,19-21H,4-5,10-17H2,(H,24,27)/b9-6+. The highest BCUT2D eigenvalue weighted by Gasteiger charge is 2.43. The number of piperidine rings is 1. The molecule has 3 fully saturated rings. The van der Waals surface area contributed by atoms with Crippen LogP contribution in [-0.4, -0.2) is 60.4 Å². The number of hydrogen-bond acceptors (Lipinski definition) is 3. The number of rotatable bonds is 4. The maximum Gasteiger partial charge on any atom is 0.226 e. The molecule has 0 aromatic heterocycles. The summed E-state index contributed by atoms with van der Waals surface area (Å²) in [5.41, 5.74) is 1.22. The lowest BCUT2D eigenvalue weighted by molar-refractivity contribution is -0.146. The van der Waals surface area contributed by atoms with Crippen LogP contribution >= 0.6 is 0 Å². The van der Waals surface area contributed by atoms with Gasteiger partial charge in [-0.2, -0.15) is 0 Å². The molecule has 0 spiro atoms. The molecule has 3 atom stereocenters. The average molecular weight is 382 g/mol. The topological polar surface area (TPSA) is 52.7 Å². The molecular formula is C23H31N3O2. The molecule has 3 unspecified atom stereocenters. The van der Waals surface area contributed by atoms with Gasteiger partial charge in [-0.15, -0.1) is 0 Å². The van der Waals surface area contributed by atoms with Crippen LogP contribution in [0.3, 0.4) is 0 Å². The third kappa shape index (κ3) is 4.46. The van der Waals surface area contributed by atoms with Crippen LogP contribution in [0.15, 0.2) is 36.4 Å². The van der Waals surface area contributed by atoms with Crippen LogP contribution in [0.1, 0.15) is 37.7 Å². The minimum absolute atomic E-state index is 0.0613. The van der Waals surface area contributed by atoms with E-state index in [1.165, 1.54) is 12.0 Å². The summed E-state index contributed by atoms with van der Waals surface area (Å²) in [4.78, 5) is 29.7. The predicted molar refractivity (Wildman–Crippen MR) is 110 cm³/mol. The third-order valence-electron chi connectivity index (χ3n) is 6.56. The highest BCUT2D eigenvalue weighted by Crippen LogP contribution is 2.36. The molecular weight excluding hydrogens is 350 g/mol. The maximum absolute atomic E-state index is 13.2. The predicted octanol–water partition coefficient (Wildman–Crippen LogP) is 2.54. The van der Waals surface area contributed by atoms with Crippen LogP contribution in [0.5, 0.6) is 0 Å². The normalized spacial score (nSPS) is 28.8. The molecule has 5 heteroatoms. The first-order chi connectivity index (χ1) is 13.7. The van der Waals surface area contributed by atoms with E-state index in [4.69, 9.17) is 0 Å². The molecule has 2 heterocycles. The summed E-state index contributed by atoms with van der Waals surface area (Å²) in [5.74, 6) is 0.506. The maximum atomic E-state index is 13.2. The lowest BCUT2D eigenvalue weighted by atomic mass is 9.72. The number of hydrogen-bond donors (Lipinski definition) is 1. The van der Waals surface area contributed by atoms with Crippen molar-refractivity contribution in [1.82, 2.24) is 15.1 Å². The molecule has 4 rings (SSSR count). The summed E-state index contributed by atoms with van der Waals surface area (Å²) in [7, 11) is 0. The quantitative estimate of drug-likeness (QED) is 0.872. The van der Waals surface area contributed by atoms with E-state index in [0.717, 1.165) is 52.0 Å². The van der Waals surface area contributed by atoms with Crippen molar-refractivity contribution in [2.75, 3.05) is 32.7 Å². The second-order valence-corrected chi connectivity index (χ2v) is 8.37. The van der Waals surface area contributed by atoms with E-state index >= 15 is 0 Å². The first kappa shape index (κ1) is 19.2. The Morgan fingerprint density at radius 1 is 1.07 bits per heavy atom. The zero-order chi connectivity index (χ0) is 19.3. The molecule has 2 saturated heterocycles. The van der Waals surface area contributed by atoms with Gasteiger partial charge in [0.05, 0.1) is 5.92 Å². The molecule has 2 aliphatic heterocycles. The highest BCUT2D eigenvalue weighted by molar-refractivity contribution is 5.87. The zero-order valence-electron chi connectivity index (χ0n) is 16.6. The first-order valence-corrected chi connectivity index (χ1v) is 10.7. The van der Waals surface area contributed by atoms with Crippen LogP contribution in [0.2, 0.25) is 0 Å². The lowest BCUT2D eigenvalue weighted by Gasteiger charge is -2.43. The second kappa shape index (κ2) is 8.91. The molecule has 1 aliphatic carbocycles. The van der Waals surface area contributed by atoms with Gasteiger partial charge in [-0.05, 0) is 24.3 Å². The van der Waals surface area contributed by atoms with Gasteiger partial charge < -0.3 is 10.2 Å². The summed E-state index contributed by atoms with van der Waals surface area (Å²) < 4.78 is 0. The molecule has 5 nitrogen and oxygen atoms in total. The van der Waals surface area contributed by atoms with E-state index < -0.39 is 0 Å². The third-order valence-corrected chi connectivity index (χ3v) is 6.56. The van der Waals surface area contributed by atoms with Crippen molar-refractivity contribution in [2.45, 2.75) is 38.1 Å². The first-order valence-electron chi connectivity index (χ1n) is 10.7. The molecule has 1 saturated carbocycles. The van der Waals surface area contributed by atoms with E-state index in [0.29, 0.717) is 12.3 Å². The van der Waals surface area contributed by atoms with Crippen LogP contribution in [-0.2, 0) is 9.59 Å². The SMILES string of the molecule is O=C1CC(C(=O)N2CCN(C/C=C/c3ccccc3)CC2)C2CCCCC2N1. The van der Waals surface area contributed by atoms with Gasteiger partial charge >= 0.3 is 0 Å². The van der Waals surface area contributed by atoms with Gasteiger partial charge in [0.15, 0.2) is 0 Å². The van der Waals surface area contributed by atoms with Crippen molar-refractivity contribution < 1.29 is 9.59 Å². The minimum atomic E-state index is -0.108. The van der Waals surface area contributed by atoms with Gasteiger partial charge in [-0.25, -0.2) is 0 Å². The molecule has 3 aliphatic rings. The minimum Gasteiger partial charge on any atom is -0.353 e. The zero-order valence-corrected chi connectivity index (χ0v) is 16.6. The monoisotopic (exact) mass is 381 g/mol. The van der Waals surface area contributed by atoms with E-state index in [2.05, 4.69) is 34.5 Å². The molecule has 150 valence electrons. The average Bonchev–Trinajstić information content (AvgIpc) is 2.74. The fourth-order valence-electron chi connectivity index (χ4n) is 4.99. The molecule has 2 amide bonds. The van der Waals surface area contributed by atoms with Crippen molar-refractivity contribution in [3.05, 3.63) is 42.0 Å². The van der Waals surface area contributed by atoms with E-state index in [-0.39, 0.29) is 23.8 Å². The van der Waals surface area contributed by atoms with E-state index in [1.807, 2.05) is 23.1 Å². The number of carbonyl (C=O) groups is 2. The number of carbonyl (C=O) groups excluding carboxylic acids is 2. The van der Waals surface area contributed by atoms with Gasteiger partial charge in [-0.3, -0.25) is 14.5 Å². The lowest BCUT2D eigenvalue weighted by Crippen LogP contribution is -2.57. The van der Waals surface area contributed by atoms with Crippen molar-refractivity contribution >= 4 is 17.9 Å². The van der Waals surface area contributed by atoms with Gasteiger partial charge in [0.25, 0.3) is 0 Å². The second-order valence-electron chi connectivity index (χ2n) is 8.37. The van der Waals surface area contributed by atoms with Crippen LogP contribution < -0.4 is 5.32 Å². The Morgan fingerprint density at radius 2 is 1.82 bits per heavy atom. The summed E-state index contributed by atoms with van der Waals surface area (Å²) in [6.07, 6.45) is 9.18. The fraction of sp³-hybridized carbons (Fsp3) is 0.565. The smallest absolute Gasteiger partial charge is 0.226 e. The van der Waals surface area contributed by atoms with E-state index in [1.54, 1.807) is 0 Å². The van der Waals surface area contributed by atoms with Crippen molar-refractivity contribution in [3.8, 4) is 0 Å². The van der Waals surface area contributed by atoms with Crippen molar-refractivity contribution in [1.29, 1.82) is 0 Å². The summed E-state index contributed by atoms with van der Waals surface area (Å²) >= 11 is 0. The number of benzene rings is 1. The number of nitrogens with zero attached hydrogens (tertiary/aromatic N) is 2. The fourth-order valence-corrected chi connectivity index (χ4v) is 4.99. The Hall–Kier alpha value is -2.14. The number of piperazine rings is 1. The Balaban J connectivity index is 1.29. The Morgan fingerprint density at radius 3 is 2.61 bits per heavy atom. The molecule has 1 aromatic rings. The summed E-state index contributed by atoms with van der Waals surface area (Å²) in [6, 6.07) is 10.5. The largest absolute Gasteiger partial charge is 0.353 e. The summed E-state index contributed by atoms with van der Waals surface area (Å²) in [6.45, 7) is 4.25. The van der Waals surface area contributed by atoms with Crippen molar-refractivity contribution in [3.63, 3.8) is 0 Å². The van der Waals surface area contributed by atoms with Gasteiger partial charge in [0.1, 0.15) is 0 Å². The van der Waals surface area contributed by atoms with Gasteiger partial charge in [-0.1, -0.05) is 55.3 Å². The molecule has 28 heavy (non-hydrogen) atoms. The number of fused-ring (bicyclic) bond motifs is 1. The number of nitrogens with one attached hydrogen (secondary N) is 1. The van der Waals surface area contributed by atoms with Gasteiger partial charge in [0, 0.05) is 45.2 Å². The van der Waals surface area contributed by atoms with Crippen LogP contribution in [0, 0.1) is 11.8 Å². The molecule has 0 radical (unpaired) electrons. The van der Waals surface area contributed by atoms with E-state index in [9.17, 15) is 9.59 Å². The molecule has 1 N–H and O–H groups in total. The van der Waals surface area contributed by atoms with Crippen molar-refractivity contribution in [2.24, 2.45) is 11.8 Å². The Kier molecular flexibility index (Phi) is 6.10. The molecule has 0 bridgehead atoms. The van der Waals surface area contributed by atoms with Crippen LogP contribution in [0.4, 0.5) is 0 Å². The van der Waals surface area contributed by atoms with Crippen LogP contribution in [0.25, 0.3) is 6.08 Å². The molecule has 1 aromatic carbocycles. The summed E-state index contributed by atoms with van der Waals surface area (Å²) in [5, 5.41) is 3.12. The number of amides is 2. The Bertz CT molecular complexity index is 710. The Labute approximate surface area is 167 Å². The van der Waals surface area contributed by atoms with Gasteiger partial charge in [0.2, 0.25) is 11.8 Å². The highest BCUT2D eigenvalue weighted by atomic mass is 16.2.